The maximum absolute atomic E-state index is 11.4. The van der Waals surface area contributed by atoms with Crippen molar-refractivity contribution in [3.05, 3.63) is 83.4 Å². The third-order valence-corrected chi connectivity index (χ3v) is 5.71. The maximum Gasteiger partial charge on any atom is 0.176 e. The van der Waals surface area contributed by atoms with Gasteiger partial charge in [0.15, 0.2) is 5.60 Å². The molecular formula is C28H34O2. The van der Waals surface area contributed by atoms with Crippen LogP contribution >= 0.6 is 0 Å². The fourth-order valence-electron chi connectivity index (χ4n) is 3.76. The lowest BCUT2D eigenvalue weighted by molar-refractivity contribution is 0.141. The van der Waals surface area contributed by atoms with E-state index < -0.39 is 5.60 Å². The molecule has 158 valence electrons. The number of aliphatic hydroxyl groups is 1. The van der Waals surface area contributed by atoms with Crippen LogP contribution in [0.25, 0.3) is 0 Å². The van der Waals surface area contributed by atoms with Crippen molar-refractivity contribution in [1.82, 2.24) is 0 Å². The fraction of sp³-hybridized carbons (Fsp3) is 0.429. The van der Waals surface area contributed by atoms with Crippen LogP contribution in [0, 0.1) is 17.8 Å². The predicted molar refractivity (Wildman–Crippen MR) is 124 cm³/mol. The Morgan fingerprint density at radius 2 is 1.60 bits per heavy atom. The Morgan fingerprint density at radius 1 is 0.967 bits per heavy atom. The van der Waals surface area contributed by atoms with E-state index in [0.717, 1.165) is 17.7 Å². The topological polar surface area (TPSA) is 29.5 Å². The van der Waals surface area contributed by atoms with Gasteiger partial charge >= 0.3 is 0 Å². The zero-order chi connectivity index (χ0) is 21.1. The Bertz CT molecular complexity index is 803. The molecule has 0 spiro atoms. The van der Waals surface area contributed by atoms with E-state index in [-0.39, 0.29) is 0 Å². The van der Waals surface area contributed by atoms with Crippen molar-refractivity contribution >= 4 is 0 Å². The van der Waals surface area contributed by atoms with Crippen LogP contribution in [0.15, 0.2) is 72.3 Å². The van der Waals surface area contributed by atoms with Crippen LogP contribution in [0.1, 0.15) is 63.0 Å². The first-order valence-corrected chi connectivity index (χ1v) is 11.3. The number of hydrogen-bond acceptors (Lipinski definition) is 2. The van der Waals surface area contributed by atoms with E-state index in [1.54, 1.807) is 5.57 Å². The van der Waals surface area contributed by atoms with Crippen molar-refractivity contribution < 1.29 is 9.84 Å². The summed E-state index contributed by atoms with van der Waals surface area (Å²) >= 11 is 0. The van der Waals surface area contributed by atoms with Gasteiger partial charge in [0.05, 0.1) is 6.61 Å². The SMILES string of the molecule is CCCCCCC/C=C1\CC1COCC#CC(O)(c1ccccc1)c1ccccc1. The highest BCUT2D eigenvalue weighted by Crippen LogP contribution is 2.38. The van der Waals surface area contributed by atoms with Gasteiger partial charge in [-0.3, -0.25) is 0 Å². The number of benzene rings is 2. The fourth-order valence-corrected chi connectivity index (χ4v) is 3.76. The van der Waals surface area contributed by atoms with Crippen LogP contribution in [0.2, 0.25) is 0 Å². The second-order valence-corrected chi connectivity index (χ2v) is 8.14. The average molecular weight is 403 g/mol. The number of rotatable bonds is 11. The van der Waals surface area contributed by atoms with Gasteiger partial charge in [-0.15, -0.1) is 0 Å². The highest BCUT2D eigenvalue weighted by molar-refractivity contribution is 5.44. The van der Waals surface area contributed by atoms with Crippen LogP contribution < -0.4 is 0 Å². The Hall–Kier alpha value is -2.34. The summed E-state index contributed by atoms with van der Waals surface area (Å²) < 4.78 is 5.79. The summed E-state index contributed by atoms with van der Waals surface area (Å²) in [4.78, 5) is 0. The van der Waals surface area contributed by atoms with Gasteiger partial charge in [-0.05, 0) is 19.3 Å². The van der Waals surface area contributed by atoms with Crippen molar-refractivity contribution in [1.29, 1.82) is 0 Å². The molecule has 2 aromatic carbocycles. The Labute approximate surface area is 182 Å². The molecule has 0 aliphatic heterocycles. The minimum Gasteiger partial charge on any atom is -0.369 e. The van der Waals surface area contributed by atoms with Crippen LogP contribution in [-0.4, -0.2) is 18.3 Å². The summed E-state index contributed by atoms with van der Waals surface area (Å²) in [6.45, 7) is 3.32. The molecule has 2 nitrogen and oxygen atoms in total. The Balaban J connectivity index is 1.47. The van der Waals surface area contributed by atoms with Gasteiger partial charge in [-0.1, -0.05) is 117 Å². The van der Waals surface area contributed by atoms with Crippen molar-refractivity contribution in [2.75, 3.05) is 13.2 Å². The monoisotopic (exact) mass is 402 g/mol. The molecule has 1 N–H and O–H groups in total. The van der Waals surface area contributed by atoms with E-state index in [1.807, 2.05) is 60.7 Å². The quantitative estimate of drug-likeness (QED) is 0.273. The van der Waals surface area contributed by atoms with Crippen LogP contribution in [0.3, 0.4) is 0 Å². The Morgan fingerprint density at radius 3 is 2.23 bits per heavy atom. The molecule has 1 atom stereocenters. The molecule has 1 unspecified atom stereocenters. The third kappa shape index (κ3) is 6.59. The molecule has 0 heterocycles. The van der Waals surface area contributed by atoms with Gasteiger partial charge in [0.25, 0.3) is 0 Å². The minimum atomic E-state index is -1.33. The summed E-state index contributed by atoms with van der Waals surface area (Å²) in [7, 11) is 0. The van der Waals surface area contributed by atoms with E-state index in [2.05, 4.69) is 24.8 Å². The molecule has 0 aromatic heterocycles. The standard InChI is InChI=1S/C28H34O2/c1-2-3-4-5-6-9-15-24-22-25(24)23-30-21-14-20-28(29,26-16-10-7-11-17-26)27-18-12-8-13-19-27/h7-8,10-13,15-19,25,29H,2-6,9,21-23H2,1H3/b24-15+. The zero-order valence-electron chi connectivity index (χ0n) is 18.1. The first-order valence-electron chi connectivity index (χ1n) is 11.3. The molecule has 3 rings (SSSR count). The lowest BCUT2D eigenvalue weighted by Gasteiger charge is -2.23. The summed E-state index contributed by atoms with van der Waals surface area (Å²) in [5.74, 6) is 6.68. The molecule has 0 bridgehead atoms. The van der Waals surface area contributed by atoms with Gasteiger partial charge in [0, 0.05) is 17.0 Å². The molecule has 0 saturated heterocycles. The minimum absolute atomic E-state index is 0.336. The lowest BCUT2D eigenvalue weighted by Crippen LogP contribution is -2.25. The molecule has 1 aliphatic carbocycles. The molecular weight excluding hydrogens is 368 g/mol. The third-order valence-electron chi connectivity index (χ3n) is 5.71. The second kappa shape index (κ2) is 11.7. The molecule has 0 radical (unpaired) electrons. The lowest BCUT2D eigenvalue weighted by atomic mass is 9.87. The van der Waals surface area contributed by atoms with E-state index in [4.69, 9.17) is 4.74 Å². The highest BCUT2D eigenvalue weighted by atomic mass is 16.5. The molecule has 1 fully saturated rings. The molecule has 2 heteroatoms. The van der Waals surface area contributed by atoms with Gasteiger partial charge in [0.1, 0.15) is 6.61 Å². The van der Waals surface area contributed by atoms with Gasteiger partial charge in [0.2, 0.25) is 0 Å². The predicted octanol–water partition coefficient (Wildman–Crippen LogP) is 6.25. The number of allylic oxidation sites excluding steroid dienone is 1. The number of hydrogen-bond donors (Lipinski definition) is 1. The van der Waals surface area contributed by atoms with Crippen molar-refractivity contribution in [2.24, 2.45) is 5.92 Å². The van der Waals surface area contributed by atoms with Gasteiger partial charge in [-0.25, -0.2) is 0 Å². The van der Waals surface area contributed by atoms with Gasteiger partial charge < -0.3 is 9.84 Å². The average Bonchev–Trinajstić information content (AvgIpc) is 3.55. The summed E-state index contributed by atoms with van der Waals surface area (Å²) in [6, 6.07) is 19.2. The van der Waals surface area contributed by atoms with E-state index in [0.29, 0.717) is 12.5 Å². The van der Waals surface area contributed by atoms with Crippen molar-refractivity contribution in [3.63, 3.8) is 0 Å². The molecule has 2 aromatic rings. The maximum atomic E-state index is 11.4. The Kier molecular flexibility index (Phi) is 8.75. The molecule has 1 saturated carbocycles. The second-order valence-electron chi connectivity index (χ2n) is 8.14. The van der Waals surface area contributed by atoms with Crippen LogP contribution in [-0.2, 0) is 10.3 Å². The number of ether oxygens (including phenoxy) is 1. The van der Waals surface area contributed by atoms with E-state index >= 15 is 0 Å². The summed E-state index contributed by atoms with van der Waals surface area (Å²) in [6.07, 6.45) is 11.5. The van der Waals surface area contributed by atoms with Crippen molar-refractivity contribution in [2.45, 2.75) is 57.5 Å². The largest absolute Gasteiger partial charge is 0.369 e. The van der Waals surface area contributed by atoms with E-state index in [1.165, 1.54) is 44.9 Å². The number of unbranched alkanes of at least 4 members (excludes halogenated alkanes) is 5. The normalized spacial score (nSPS) is 16.9. The summed E-state index contributed by atoms with van der Waals surface area (Å²) in [5.41, 5.74) is 1.77. The first-order chi connectivity index (χ1) is 14.7. The van der Waals surface area contributed by atoms with Crippen molar-refractivity contribution in [3.8, 4) is 11.8 Å². The zero-order valence-corrected chi connectivity index (χ0v) is 18.1. The van der Waals surface area contributed by atoms with Gasteiger partial charge in [-0.2, -0.15) is 0 Å². The van der Waals surface area contributed by atoms with Crippen LogP contribution in [0.5, 0.6) is 0 Å². The summed E-state index contributed by atoms with van der Waals surface area (Å²) in [5, 5.41) is 11.4. The molecule has 0 amide bonds. The molecule has 30 heavy (non-hydrogen) atoms. The smallest absolute Gasteiger partial charge is 0.176 e. The van der Waals surface area contributed by atoms with E-state index in [9.17, 15) is 5.11 Å². The first kappa shape index (κ1) is 22.3. The molecule has 1 aliphatic rings. The highest BCUT2D eigenvalue weighted by Gasteiger charge is 2.30. The van der Waals surface area contributed by atoms with Crippen LogP contribution in [0.4, 0.5) is 0 Å².